The van der Waals surface area contributed by atoms with Crippen molar-refractivity contribution in [3.05, 3.63) is 84.7 Å². The summed E-state index contributed by atoms with van der Waals surface area (Å²) >= 11 is 0. The third-order valence-corrected chi connectivity index (χ3v) is 5.93. The van der Waals surface area contributed by atoms with Crippen LogP contribution in [0.1, 0.15) is 25.3 Å². The van der Waals surface area contributed by atoms with E-state index in [1.54, 1.807) is 6.33 Å². The first-order chi connectivity index (χ1) is 14.7. The third kappa shape index (κ3) is 2.52. The summed E-state index contributed by atoms with van der Waals surface area (Å²) in [5.74, 6) is 0.414. The quantitative estimate of drug-likeness (QED) is 0.309. The van der Waals surface area contributed by atoms with Gasteiger partial charge in [0.1, 0.15) is 11.9 Å². The van der Waals surface area contributed by atoms with Crippen LogP contribution in [0.5, 0.6) is 0 Å². The number of nitrogens with zero attached hydrogens (tertiary/aromatic N) is 2. The first-order valence-electron chi connectivity index (χ1n) is 10.3. The van der Waals surface area contributed by atoms with Crippen molar-refractivity contribution in [3.63, 3.8) is 0 Å². The van der Waals surface area contributed by atoms with Crippen LogP contribution in [0, 0.1) is 0 Å². The summed E-state index contributed by atoms with van der Waals surface area (Å²) in [6.45, 7) is 4.47. The van der Waals surface area contributed by atoms with E-state index in [4.69, 9.17) is 9.40 Å². The molecule has 0 N–H and O–H groups in total. The van der Waals surface area contributed by atoms with E-state index >= 15 is 0 Å². The zero-order valence-electron chi connectivity index (χ0n) is 16.9. The average molecular weight is 388 g/mol. The van der Waals surface area contributed by atoms with Gasteiger partial charge in [-0.25, -0.2) is 9.97 Å². The summed E-state index contributed by atoms with van der Waals surface area (Å²) in [6, 6.07) is 25.7. The molecule has 3 heteroatoms. The molecule has 0 spiro atoms. The maximum absolute atomic E-state index is 6.14. The Labute approximate surface area is 174 Å². The number of aromatic nitrogens is 2. The maximum atomic E-state index is 6.14. The standard InChI is InChI=1S/C27H20N2O/c1-16(2)22-13-20(11-19-9-5-6-10-21(19)22)26-25-23-12-17-7-3-4-8-18(17)14-24(23)30-27(25)29-15-28-26/h3-16H,1-2H3. The van der Waals surface area contributed by atoms with Crippen molar-refractivity contribution < 1.29 is 4.42 Å². The van der Waals surface area contributed by atoms with Crippen molar-refractivity contribution in [1.29, 1.82) is 0 Å². The Bertz CT molecular complexity index is 1580. The van der Waals surface area contributed by atoms with Gasteiger partial charge in [0.05, 0.1) is 11.1 Å². The highest BCUT2D eigenvalue weighted by molar-refractivity contribution is 6.14. The van der Waals surface area contributed by atoms with Crippen molar-refractivity contribution in [2.24, 2.45) is 0 Å². The lowest BCUT2D eigenvalue weighted by Gasteiger charge is -2.13. The highest BCUT2D eigenvalue weighted by atomic mass is 16.3. The van der Waals surface area contributed by atoms with Gasteiger partial charge in [-0.1, -0.05) is 62.4 Å². The van der Waals surface area contributed by atoms with Gasteiger partial charge in [0.2, 0.25) is 5.71 Å². The van der Waals surface area contributed by atoms with Crippen LogP contribution < -0.4 is 0 Å². The van der Waals surface area contributed by atoms with Crippen molar-refractivity contribution in [2.75, 3.05) is 0 Å². The lowest BCUT2D eigenvalue weighted by atomic mass is 9.92. The van der Waals surface area contributed by atoms with Crippen molar-refractivity contribution in [2.45, 2.75) is 19.8 Å². The minimum Gasteiger partial charge on any atom is -0.438 e. The van der Waals surface area contributed by atoms with Gasteiger partial charge in [-0.3, -0.25) is 0 Å². The summed E-state index contributed by atoms with van der Waals surface area (Å²) in [5, 5.41) is 6.89. The maximum Gasteiger partial charge on any atom is 0.230 e. The zero-order chi connectivity index (χ0) is 20.2. The molecule has 0 amide bonds. The summed E-state index contributed by atoms with van der Waals surface area (Å²) in [4.78, 5) is 9.15. The Morgan fingerprint density at radius 2 is 1.47 bits per heavy atom. The number of hydrogen-bond donors (Lipinski definition) is 0. The molecule has 30 heavy (non-hydrogen) atoms. The average Bonchev–Trinajstić information content (AvgIpc) is 3.14. The van der Waals surface area contributed by atoms with Crippen LogP contribution >= 0.6 is 0 Å². The van der Waals surface area contributed by atoms with Crippen molar-refractivity contribution >= 4 is 43.6 Å². The van der Waals surface area contributed by atoms with E-state index in [-0.39, 0.29) is 0 Å². The van der Waals surface area contributed by atoms with Gasteiger partial charge in [-0.05, 0) is 57.3 Å². The molecular weight excluding hydrogens is 368 g/mol. The molecule has 0 aliphatic heterocycles. The van der Waals surface area contributed by atoms with Gasteiger partial charge >= 0.3 is 0 Å². The van der Waals surface area contributed by atoms with E-state index in [9.17, 15) is 0 Å². The molecule has 6 aromatic rings. The normalized spacial score (nSPS) is 12.0. The van der Waals surface area contributed by atoms with Crippen LogP contribution in [0.25, 0.3) is 54.9 Å². The minimum atomic E-state index is 0.414. The molecule has 2 heterocycles. The second kappa shape index (κ2) is 6.39. The Morgan fingerprint density at radius 3 is 2.27 bits per heavy atom. The van der Waals surface area contributed by atoms with Gasteiger partial charge in [0.15, 0.2) is 0 Å². The number of benzene rings is 4. The fraction of sp³-hybridized carbons (Fsp3) is 0.111. The monoisotopic (exact) mass is 388 g/mol. The fourth-order valence-electron chi connectivity index (χ4n) is 4.47. The van der Waals surface area contributed by atoms with E-state index in [1.165, 1.54) is 21.7 Å². The molecule has 0 saturated carbocycles. The lowest BCUT2D eigenvalue weighted by Crippen LogP contribution is -1.93. The van der Waals surface area contributed by atoms with Crippen molar-refractivity contribution in [1.82, 2.24) is 9.97 Å². The Kier molecular flexibility index (Phi) is 3.66. The molecule has 0 bridgehead atoms. The predicted octanol–water partition coefficient (Wildman–Crippen LogP) is 7.47. The van der Waals surface area contributed by atoms with Gasteiger partial charge in [0, 0.05) is 10.9 Å². The molecule has 2 aromatic heterocycles. The number of rotatable bonds is 2. The lowest BCUT2D eigenvalue weighted by molar-refractivity contribution is 0.653. The number of fused-ring (bicyclic) bond motifs is 5. The molecule has 0 saturated heterocycles. The largest absolute Gasteiger partial charge is 0.438 e. The summed E-state index contributed by atoms with van der Waals surface area (Å²) in [7, 11) is 0. The van der Waals surface area contributed by atoms with Gasteiger partial charge in [0.25, 0.3) is 0 Å². The minimum absolute atomic E-state index is 0.414. The molecule has 0 fully saturated rings. The molecule has 4 aromatic carbocycles. The molecule has 0 aliphatic rings. The van der Waals surface area contributed by atoms with E-state index in [0.717, 1.165) is 33.0 Å². The second-order valence-electron chi connectivity index (χ2n) is 8.14. The van der Waals surface area contributed by atoms with Crippen LogP contribution in [-0.2, 0) is 0 Å². The Balaban J connectivity index is 1.71. The van der Waals surface area contributed by atoms with Gasteiger partial charge < -0.3 is 4.42 Å². The van der Waals surface area contributed by atoms with E-state index < -0.39 is 0 Å². The first-order valence-corrected chi connectivity index (χ1v) is 10.3. The van der Waals surface area contributed by atoms with Crippen molar-refractivity contribution in [3.8, 4) is 11.3 Å². The Hall–Kier alpha value is -3.72. The third-order valence-electron chi connectivity index (χ3n) is 5.93. The van der Waals surface area contributed by atoms with Crippen LogP contribution in [0.15, 0.2) is 83.5 Å². The molecule has 0 unspecified atom stereocenters. The zero-order valence-corrected chi connectivity index (χ0v) is 16.9. The molecule has 3 nitrogen and oxygen atoms in total. The van der Waals surface area contributed by atoms with E-state index in [1.807, 2.05) is 6.07 Å². The molecule has 0 radical (unpaired) electrons. The predicted molar refractivity (Wildman–Crippen MR) is 124 cm³/mol. The second-order valence-corrected chi connectivity index (χ2v) is 8.14. The highest BCUT2D eigenvalue weighted by Crippen LogP contribution is 2.38. The molecule has 6 rings (SSSR count). The van der Waals surface area contributed by atoms with Crippen LogP contribution in [0.2, 0.25) is 0 Å². The number of hydrogen-bond acceptors (Lipinski definition) is 3. The van der Waals surface area contributed by atoms with E-state index in [2.05, 4.69) is 85.6 Å². The van der Waals surface area contributed by atoms with Crippen LogP contribution in [-0.4, -0.2) is 9.97 Å². The SMILES string of the molecule is CC(C)c1cc(-c2ncnc3oc4cc5ccccc5cc4c23)cc2ccccc12. The van der Waals surface area contributed by atoms with Crippen LogP contribution in [0.3, 0.4) is 0 Å². The van der Waals surface area contributed by atoms with Crippen LogP contribution in [0.4, 0.5) is 0 Å². The molecular formula is C27H20N2O. The fourth-order valence-corrected chi connectivity index (χ4v) is 4.47. The summed E-state index contributed by atoms with van der Waals surface area (Å²) in [6.07, 6.45) is 1.60. The highest BCUT2D eigenvalue weighted by Gasteiger charge is 2.17. The smallest absolute Gasteiger partial charge is 0.230 e. The molecule has 0 aliphatic carbocycles. The summed E-state index contributed by atoms with van der Waals surface area (Å²) in [5.41, 5.74) is 4.82. The van der Waals surface area contributed by atoms with Gasteiger partial charge in [-0.15, -0.1) is 0 Å². The number of furan rings is 1. The summed E-state index contributed by atoms with van der Waals surface area (Å²) < 4.78 is 6.14. The van der Waals surface area contributed by atoms with E-state index in [0.29, 0.717) is 11.6 Å². The molecule has 0 atom stereocenters. The first kappa shape index (κ1) is 17.2. The van der Waals surface area contributed by atoms with Gasteiger partial charge in [-0.2, -0.15) is 0 Å². The Morgan fingerprint density at radius 1 is 0.733 bits per heavy atom. The topological polar surface area (TPSA) is 38.9 Å². The molecule has 144 valence electrons.